The summed E-state index contributed by atoms with van der Waals surface area (Å²) in [5.74, 6) is 0. The molecule has 0 aliphatic carbocycles. The van der Waals surface area contributed by atoms with E-state index in [1.807, 2.05) is 14.1 Å². The second-order valence-electron chi connectivity index (χ2n) is 4.48. The molecular formula is C11H22N2O. The van der Waals surface area contributed by atoms with Gasteiger partial charge in [-0.25, -0.2) is 0 Å². The fraction of sp³-hybridized carbons (Fsp3) is 0.818. The average Bonchev–Trinajstić information content (AvgIpc) is 2.15. The van der Waals surface area contributed by atoms with Gasteiger partial charge in [-0.1, -0.05) is 0 Å². The zero-order chi connectivity index (χ0) is 10.6. The largest absolute Gasteiger partial charge is 0.382 e. The maximum absolute atomic E-state index is 5.38. The summed E-state index contributed by atoms with van der Waals surface area (Å²) in [7, 11) is 6.22. The fourth-order valence-electron chi connectivity index (χ4n) is 1.58. The van der Waals surface area contributed by atoms with Gasteiger partial charge in [0.1, 0.15) is 0 Å². The van der Waals surface area contributed by atoms with E-state index in [-0.39, 0.29) is 5.54 Å². The van der Waals surface area contributed by atoms with E-state index in [2.05, 4.69) is 36.2 Å². The first-order valence-electron chi connectivity index (χ1n) is 5.20. The minimum atomic E-state index is 0.269. The van der Waals surface area contributed by atoms with Crippen LogP contribution in [0.3, 0.4) is 0 Å². The Hall–Kier alpha value is -0.700. The van der Waals surface area contributed by atoms with Crippen LogP contribution in [0, 0.1) is 0 Å². The molecule has 0 amide bonds. The van der Waals surface area contributed by atoms with E-state index in [0.717, 1.165) is 26.1 Å². The van der Waals surface area contributed by atoms with Gasteiger partial charge in [-0.3, -0.25) is 0 Å². The zero-order valence-electron chi connectivity index (χ0n) is 9.79. The van der Waals surface area contributed by atoms with Gasteiger partial charge in [0.25, 0.3) is 0 Å². The van der Waals surface area contributed by atoms with Crippen LogP contribution >= 0.6 is 0 Å². The molecule has 1 saturated heterocycles. The molecule has 0 radical (unpaired) electrons. The Kier molecular flexibility index (Phi) is 3.81. The minimum Gasteiger partial charge on any atom is -0.382 e. The van der Waals surface area contributed by atoms with E-state index in [0.29, 0.717) is 0 Å². The van der Waals surface area contributed by atoms with E-state index >= 15 is 0 Å². The molecule has 0 aromatic rings. The maximum atomic E-state index is 5.38. The van der Waals surface area contributed by atoms with Crippen LogP contribution in [0.5, 0.6) is 0 Å². The van der Waals surface area contributed by atoms with Gasteiger partial charge in [0.05, 0.1) is 0 Å². The molecule has 1 aliphatic rings. The topological polar surface area (TPSA) is 15.7 Å². The zero-order valence-corrected chi connectivity index (χ0v) is 9.79. The third kappa shape index (κ3) is 2.91. The van der Waals surface area contributed by atoms with Gasteiger partial charge in [0, 0.05) is 52.3 Å². The molecule has 0 aromatic carbocycles. The number of nitrogens with zero attached hydrogens (tertiary/aromatic N) is 2. The van der Waals surface area contributed by atoms with Gasteiger partial charge in [-0.2, -0.15) is 0 Å². The maximum Gasteiger partial charge on any atom is 0.0488 e. The van der Waals surface area contributed by atoms with Crippen LogP contribution in [0.15, 0.2) is 12.4 Å². The highest BCUT2D eigenvalue weighted by Crippen LogP contribution is 2.26. The summed E-state index contributed by atoms with van der Waals surface area (Å²) in [6.45, 7) is 4.07. The van der Waals surface area contributed by atoms with E-state index < -0.39 is 0 Å². The Morgan fingerprint density at radius 3 is 2.14 bits per heavy atom. The summed E-state index contributed by atoms with van der Waals surface area (Å²) < 4.78 is 5.38. The summed E-state index contributed by atoms with van der Waals surface area (Å²) in [4.78, 5) is 4.36. The number of rotatable bonds is 3. The van der Waals surface area contributed by atoms with Crippen LogP contribution in [-0.4, -0.2) is 49.7 Å². The Bertz CT molecular complexity index is 195. The van der Waals surface area contributed by atoms with Crippen molar-refractivity contribution in [1.82, 2.24) is 9.80 Å². The van der Waals surface area contributed by atoms with Gasteiger partial charge >= 0.3 is 0 Å². The lowest BCUT2D eigenvalue weighted by Crippen LogP contribution is -2.45. The first kappa shape index (κ1) is 11.4. The summed E-state index contributed by atoms with van der Waals surface area (Å²) in [5, 5.41) is 0. The molecule has 0 spiro atoms. The van der Waals surface area contributed by atoms with Crippen LogP contribution in [0.4, 0.5) is 0 Å². The van der Waals surface area contributed by atoms with Crippen molar-refractivity contribution in [3.05, 3.63) is 12.4 Å². The number of hydrogen-bond acceptors (Lipinski definition) is 3. The third-order valence-corrected chi connectivity index (χ3v) is 3.01. The molecule has 0 bridgehead atoms. The molecule has 14 heavy (non-hydrogen) atoms. The van der Waals surface area contributed by atoms with Crippen LogP contribution in [0.2, 0.25) is 0 Å². The molecule has 0 aromatic heterocycles. The molecule has 0 atom stereocenters. The smallest absolute Gasteiger partial charge is 0.0488 e. The Balaban J connectivity index is 2.52. The molecule has 1 fully saturated rings. The summed E-state index contributed by atoms with van der Waals surface area (Å²) >= 11 is 0. The summed E-state index contributed by atoms with van der Waals surface area (Å²) in [5.41, 5.74) is 0.269. The van der Waals surface area contributed by atoms with Crippen molar-refractivity contribution in [3.8, 4) is 0 Å². The van der Waals surface area contributed by atoms with Crippen molar-refractivity contribution >= 4 is 0 Å². The van der Waals surface area contributed by atoms with Crippen molar-refractivity contribution < 1.29 is 4.74 Å². The average molecular weight is 198 g/mol. The normalized spacial score (nSPS) is 21.1. The molecule has 1 aliphatic heterocycles. The molecule has 3 nitrogen and oxygen atoms in total. The van der Waals surface area contributed by atoms with Crippen LogP contribution in [-0.2, 0) is 4.74 Å². The third-order valence-electron chi connectivity index (χ3n) is 3.01. The second kappa shape index (κ2) is 4.69. The van der Waals surface area contributed by atoms with E-state index in [1.165, 1.54) is 0 Å². The van der Waals surface area contributed by atoms with Crippen molar-refractivity contribution in [2.45, 2.75) is 25.3 Å². The fourth-order valence-corrected chi connectivity index (χ4v) is 1.58. The van der Waals surface area contributed by atoms with Crippen LogP contribution in [0.1, 0.15) is 19.8 Å². The van der Waals surface area contributed by atoms with Gasteiger partial charge in [-0.05, 0) is 19.8 Å². The van der Waals surface area contributed by atoms with Gasteiger partial charge in [-0.15, -0.1) is 0 Å². The minimum absolute atomic E-state index is 0.269. The number of hydrogen-bond donors (Lipinski definition) is 0. The molecule has 1 rings (SSSR count). The van der Waals surface area contributed by atoms with Gasteiger partial charge in [0.15, 0.2) is 0 Å². The first-order chi connectivity index (χ1) is 6.54. The summed E-state index contributed by atoms with van der Waals surface area (Å²) in [6.07, 6.45) is 6.45. The predicted octanol–water partition coefficient (Wildman–Crippen LogP) is 1.52. The predicted molar refractivity (Wildman–Crippen MR) is 59.0 cm³/mol. The molecule has 82 valence electrons. The quantitative estimate of drug-likeness (QED) is 0.684. The summed E-state index contributed by atoms with van der Waals surface area (Å²) in [6, 6.07) is 0. The molecular weight excluding hydrogens is 176 g/mol. The highest BCUT2D eigenvalue weighted by Gasteiger charge is 2.29. The highest BCUT2D eigenvalue weighted by atomic mass is 16.5. The molecule has 0 N–H and O–H groups in total. The molecule has 1 heterocycles. The number of ether oxygens (including phenoxy) is 1. The Morgan fingerprint density at radius 1 is 1.07 bits per heavy atom. The lowest BCUT2D eigenvalue weighted by atomic mass is 9.91. The lowest BCUT2D eigenvalue weighted by molar-refractivity contribution is 0.00959. The van der Waals surface area contributed by atoms with Crippen molar-refractivity contribution in [1.29, 1.82) is 0 Å². The molecule has 0 unspecified atom stereocenters. The monoisotopic (exact) mass is 198 g/mol. The Labute approximate surface area is 87.3 Å². The SMILES string of the molecule is CN(C)/C=C/N(C)C1(C)CCOCC1. The van der Waals surface area contributed by atoms with Crippen LogP contribution < -0.4 is 0 Å². The first-order valence-corrected chi connectivity index (χ1v) is 5.20. The molecule has 0 saturated carbocycles. The van der Waals surface area contributed by atoms with E-state index in [4.69, 9.17) is 4.74 Å². The van der Waals surface area contributed by atoms with Gasteiger partial charge in [0.2, 0.25) is 0 Å². The Morgan fingerprint density at radius 2 is 1.64 bits per heavy atom. The van der Waals surface area contributed by atoms with E-state index in [9.17, 15) is 0 Å². The van der Waals surface area contributed by atoms with Crippen molar-refractivity contribution in [3.63, 3.8) is 0 Å². The molecule has 3 heteroatoms. The second-order valence-corrected chi connectivity index (χ2v) is 4.48. The lowest BCUT2D eigenvalue weighted by Gasteiger charge is -2.41. The standard InChI is InChI=1S/C11H22N2O/c1-11(5-9-14-10-6-11)13(4)8-7-12(2)3/h7-8H,5-6,9-10H2,1-4H3/b8-7+. The van der Waals surface area contributed by atoms with Crippen molar-refractivity contribution in [2.75, 3.05) is 34.4 Å². The highest BCUT2D eigenvalue weighted by molar-refractivity contribution is 4.93. The van der Waals surface area contributed by atoms with E-state index in [1.54, 1.807) is 0 Å². The van der Waals surface area contributed by atoms with Gasteiger partial charge < -0.3 is 14.5 Å². The van der Waals surface area contributed by atoms with Crippen LogP contribution in [0.25, 0.3) is 0 Å². The van der Waals surface area contributed by atoms with Crippen molar-refractivity contribution in [2.24, 2.45) is 0 Å².